The van der Waals surface area contributed by atoms with Gasteiger partial charge in [-0.3, -0.25) is 0 Å². The van der Waals surface area contributed by atoms with Crippen molar-refractivity contribution in [3.63, 3.8) is 0 Å². The molecule has 0 spiro atoms. The maximum absolute atomic E-state index is 0. The molecule has 0 fully saturated rings. The molecule has 0 aromatic heterocycles. The molecule has 0 saturated carbocycles. The predicted molar refractivity (Wildman–Crippen MR) is 9.37 cm³/mol. The van der Waals surface area contributed by atoms with Crippen molar-refractivity contribution in [1.29, 1.82) is 0 Å². The summed E-state index contributed by atoms with van der Waals surface area (Å²) in [4.78, 5) is 0. The Balaban J connectivity index is 0. The molecule has 2 N–H and O–H groups in total. The molecule has 0 amide bonds. The Labute approximate surface area is 195 Å². The molecule has 0 aliphatic heterocycles. The first kappa shape index (κ1) is 39.5. The molecule has 0 aromatic rings. The summed E-state index contributed by atoms with van der Waals surface area (Å²) in [7, 11) is 0. The molecule has 0 rings (SSSR count). The third-order valence-electron chi connectivity index (χ3n) is 0. The van der Waals surface area contributed by atoms with E-state index in [1.807, 2.05) is 0 Å². The second-order valence-electron chi connectivity index (χ2n) is 0. The number of hydrogen-bond donors (Lipinski definition) is 0. The molecule has 0 aliphatic carbocycles. The minimum atomic E-state index is 0. The molecular weight excluding hydrogens is 663 g/mol. The summed E-state index contributed by atoms with van der Waals surface area (Å²) in [5, 5.41) is 0. The Kier molecular flexibility index (Phi) is 199. The predicted octanol–water partition coefficient (Wildman–Crippen LogP) is -1.21. The maximum atomic E-state index is 0. The first-order valence-electron chi connectivity index (χ1n) is 0. The van der Waals surface area contributed by atoms with E-state index in [2.05, 4.69) is 0 Å². The third kappa shape index (κ3) is 22.4. The van der Waals surface area contributed by atoms with Crippen molar-refractivity contribution in [2.45, 2.75) is 0 Å². The monoisotopic (exact) mass is 666 g/mol. The van der Waals surface area contributed by atoms with Crippen LogP contribution in [0.2, 0.25) is 0 Å². The van der Waals surface area contributed by atoms with Gasteiger partial charge in [0, 0.05) is 197 Å². The van der Waals surface area contributed by atoms with E-state index in [9.17, 15) is 0 Å². The van der Waals surface area contributed by atoms with Gasteiger partial charge in [0.1, 0.15) is 0 Å². The Bertz CT molecular complexity index is 15.5. The van der Waals surface area contributed by atoms with Crippen molar-refractivity contribution in [3.05, 3.63) is 0 Å². The van der Waals surface area contributed by atoms with E-state index in [4.69, 9.17) is 0 Å². The van der Waals surface area contributed by atoms with E-state index in [1.165, 1.54) is 0 Å². The first-order chi connectivity index (χ1) is 0. The quantitative estimate of drug-likeness (QED) is 0.292. The van der Waals surface area contributed by atoms with Crippen molar-refractivity contribution < 1.29 is 153 Å². The van der Waals surface area contributed by atoms with E-state index in [-0.39, 0.29) is 202 Å². The smallest absolute Gasteiger partial charge is 0 e. The van der Waals surface area contributed by atoms with Crippen LogP contribution in [-0.4, -0.2) is 54.4 Å². The second kappa shape index (κ2) is 30.2. The average Bonchev–Trinajstić information content (AvgIpc) is 0. The molecule has 6 heavy (non-hydrogen) atoms. The second-order valence-corrected chi connectivity index (χ2v) is 0. The van der Waals surface area contributed by atoms with Crippen LogP contribution in [0.25, 0.3) is 0 Å². The summed E-state index contributed by atoms with van der Waals surface area (Å²) in [5.41, 5.74) is 0. The van der Waals surface area contributed by atoms with Crippen LogP contribution in [0.3, 0.4) is 0 Å². The molecule has 6 heteroatoms. The summed E-state index contributed by atoms with van der Waals surface area (Å²) in [5.74, 6) is 0. The average molecular weight is 665 g/mol. The van der Waals surface area contributed by atoms with E-state index < -0.39 is 0 Å². The van der Waals surface area contributed by atoms with Gasteiger partial charge in [-0.25, -0.2) is 0 Å². The fourth-order valence-electron chi connectivity index (χ4n) is 0. The van der Waals surface area contributed by atoms with Crippen molar-refractivity contribution in [2.75, 3.05) is 0 Å². The van der Waals surface area contributed by atoms with Crippen LogP contribution in [-0.2, 0) is 17.1 Å². The normalized spacial score (nSPS) is 0. The van der Waals surface area contributed by atoms with Crippen LogP contribution in [0.4, 0.5) is 0 Å². The van der Waals surface area contributed by atoms with Crippen LogP contribution in [0.5, 0.6) is 0 Å². The molecule has 0 bridgehead atoms. The van der Waals surface area contributed by atoms with Gasteiger partial charge in [-0.15, -0.1) is 0 Å². The number of rotatable bonds is 0. The molecular formula is H2BaCuEuNdOSm. The van der Waals surface area contributed by atoms with E-state index in [0.717, 1.165) is 0 Å². The minimum Gasteiger partial charge on any atom is -0.412 e. The van der Waals surface area contributed by atoms with E-state index in [1.54, 1.807) is 0 Å². The molecule has 0 atom stereocenters. The van der Waals surface area contributed by atoms with Crippen LogP contribution < -0.4 is 0 Å². The van der Waals surface area contributed by atoms with E-state index in [0.29, 0.717) is 0 Å². The van der Waals surface area contributed by atoms with Crippen molar-refractivity contribution in [1.82, 2.24) is 0 Å². The minimum absolute atomic E-state index is 0. The summed E-state index contributed by atoms with van der Waals surface area (Å²) in [6.45, 7) is 0. The fraction of sp³-hybridized carbons (Fsp3) is 0. The number of hydrogen-bond acceptors (Lipinski definition) is 0. The summed E-state index contributed by atoms with van der Waals surface area (Å²) in [6.07, 6.45) is 0. The van der Waals surface area contributed by atoms with Crippen LogP contribution in [0.1, 0.15) is 0 Å². The zero-order chi connectivity index (χ0) is 0. The third-order valence-corrected chi connectivity index (χ3v) is 0. The molecule has 1 nitrogen and oxygen atoms in total. The Morgan fingerprint density at radius 2 is 1.00 bits per heavy atom. The van der Waals surface area contributed by atoms with Crippen LogP contribution in [0.15, 0.2) is 0 Å². The molecule has 4 radical (unpaired) electrons. The van der Waals surface area contributed by atoms with Crippen molar-refractivity contribution in [2.24, 2.45) is 0 Å². The molecule has 0 aromatic carbocycles. The van der Waals surface area contributed by atoms with Crippen molar-refractivity contribution >= 4 is 48.9 Å². The molecule has 0 aliphatic rings. The van der Waals surface area contributed by atoms with Gasteiger partial charge < -0.3 is 5.48 Å². The van der Waals surface area contributed by atoms with Crippen LogP contribution in [0, 0.1) is 131 Å². The van der Waals surface area contributed by atoms with Gasteiger partial charge in [0.05, 0.1) is 0 Å². The van der Waals surface area contributed by atoms with Gasteiger partial charge >= 0.3 is 0 Å². The van der Waals surface area contributed by atoms with Crippen LogP contribution >= 0.6 is 0 Å². The first-order valence-corrected chi connectivity index (χ1v) is 0. The van der Waals surface area contributed by atoms with Gasteiger partial charge in [0.15, 0.2) is 0 Å². The Morgan fingerprint density at radius 3 is 1.00 bits per heavy atom. The topological polar surface area (TPSA) is 31.5 Å². The molecule has 0 saturated heterocycles. The zero-order valence-corrected chi connectivity index (χ0v) is 16.4. The van der Waals surface area contributed by atoms with Gasteiger partial charge in [-0.05, 0) is 0 Å². The standard InChI is InChI=1S/Ba.Cu.Eu.Nd.H2O.Sm/h;;;;1H2;. The molecule has 0 heterocycles. The molecule has 38 valence electrons. The Morgan fingerprint density at radius 1 is 1.00 bits per heavy atom. The maximum Gasteiger partial charge on any atom is 0 e. The fourth-order valence-corrected chi connectivity index (χ4v) is 0. The zero-order valence-electron chi connectivity index (χ0n) is 2.79. The Hall–Kier alpha value is 6.32. The summed E-state index contributed by atoms with van der Waals surface area (Å²) < 4.78 is 0. The molecule has 0 unspecified atom stereocenters. The SMILES string of the molecule is O.[Ba].[Cu].[Eu].[Nd].[Sm]. The summed E-state index contributed by atoms with van der Waals surface area (Å²) >= 11 is 0. The van der Waals surface area contributed by atoms with Gasteiger partial charge in [0.2, 0.25) is 0 Å². The van der Waals surface area contributed by atoms with Gasteiger partial charge in [0.25, 0.3) is 0 Å². The van der Waals surface area contributed by atoms with Crippen molar-refractivity contribution in [3.8, 4) is 0 Å². The van der Waals surface area contributed by atoms with E-state index >= 15 is 0 Å². The largest absolute Gasteiger partial charge is 0.412 e. The summed E-state index contributed by atoms with van der Waals surface area (Å²) in [6, 6.07) is 0. The van der Waals surface area contributed by atoms with Gasteiger partial charge in [-0.2, -0.15) is 0 Å². The van der Waals surface area contributed by atoms with Gasteiger partial charge in [-0.1, -0.05) is 0 Å².